The van der Waals surface area contributed by atoms with Gasteiger partial charge >= 0.3 is 0 Å². The molecule has 0 bridgehead atoms. The summed E-state index contributed by atoms with van der Waals surface area (Å²) in [7, 11) is 0. The van der Waals surface area contributed by atoms with E-state index in [9.17, 15) is 4.39 Å². The van der Waals surface area contributed by atoms with Crippen LogP contribution in [0.2, 0.25) is 0 Å². The quantitative estimate of drug-likeness (QED) is 0.476. The molecular weight excluding hydrogens is 395 g/mol. The zero-order valence-electron chi connectivity index (χ0n) is 14.3. The van der Waals surface area contributed by atoms with Crippen molar-refractivity contribution in [3.63, 3.8) is 0 Å². The van der Waals surface area contributed by atoms with Crippen molar-refractivity contribution in [3.8, 4) is 11.5 Å². The van der Waals surface area contributed by atoms with E-state index in [1.807, 2.05) is 41.2 Å². The summed E-state index contributed by atoms with van der Waals surface area (Å²) in [5.41, 5.74) is 4.70. The number of aryl methyl sites for hydroxylation is 1. The van der Waals surface area contributed by atoms with Crippen molar-refractivity contribution in [3.05, 3.63) is 83.9 Å². The molecule has 4 rings (SSSR count). The lowest BCUT2D eigenvalue weighted by Crippen LogP contribution is -3.00. The topological polar surface area (TPSA) is 29.9 Å². The van der Waals surface area contributed by atoms with Gasteiger partial charge in [-0.3, -0.25) is 0 Å². The van der Waals surface area contributed by atoms with Crippen LogP contribution < -0.4 is 21.5 Å². The third kappa shape index (κ3) is 3.83. The van der Waals surface area contributed by atoms with Gasteiger partial charge in [-0.15, -0.1) is 0 Å². The first-order valence-electron chi connectivity index (χ1n) is 8.34. The number of aromatic nitrogens is 2. The predicted octanol–water partition coefficient (Wildman–Crippen LogP) is 1.54. The molecule has 0 fully saturated rings. The zero-order valence-corrected chi connectivity index (χ0v) is 15.9. The van der Waals surface area contributed by atoms with Crippen molar-refractivity contribution in [2.45, 2.75) is 19.9 Å². The van der Waals surface area contributed by atoms with Crippen LogP contribution in [0.3, 0.4) is 0 Å². The molecule has 0 aliphatic rings. The van der Waals surface area contributed by atoms with Gasteiger partial charge in [0, 0.05) is 11.6 Å². The minimum atomic E-state index is -0.222. The van der Waals surface area contributed by atoms with E-state index in [0.717, 1.165) is 28.6 Å². The largest absolute Gasteiger partial charge is 1.00 e. The van der Waals surface area contributed by atoms with Crippen molar-refractivity contribution in [1.82, 2.24) is 4.98 Å². The average molecular weight is 413 g/mol. The molecule has 0 N–H and O–H groups in total. The van der Waals surface area contributed by atoms with Crippen LogP contribution in [0.15, 0.2) is 71.4 Å². The van der Waals surface area contributed by atoms with E-state index >= 15 is 0 Å². The summed E-state index contributed by atoms with van der Waals surface area (Å²) in [5.74, 6) is 0.372. The molecular formula is C21H18BrFN2O. The van der Waals surface area contributed by atoms with Crippen LogP contribution >= 0.6 is 0 Å². The number of hydrogen-bond acceptors (Lipinski definition) is 2. The van der Waals surface area contributed by atoms with Crippen molar-refractivity contribution in [2.24, 2.45) is 0 Å². The van der Waals surface area contributed by atoms with Gasteiger partial charge in [-0.25, -0.2) is 9.37 Å². The molecule has 26 heavy (non-hydrogen) atoms. The minimum absolute atomic E-state index is 0. The summed E-state index contributed by atoms with van der Waals surface area (Å²) in [6.07, 6.45) is 4.89. The summed E-state index contributed by atoms with van der Waals surface area (Å²) in [6, 6.07) is 16.6. The molecule has 3 nitrogen and oxygen atoms in total. The molecule has 0 unspecified atom stereocenters. The summed E-state index contributed by atoms with van der Waals surface area (Å²) < 4.78 is 21.2. The minimum Gasteiger partial charge on any atom is -1.00 e. The SMILES string of the molecule is CCc1ccc2oc(-c3ccc[n+](Cc4cccc(F)c4)c3)nc2c1.[Br-]. The maximum absolute atomic E-state index is 13.4. The summed E-state index contributed by atoms with van der Waals surface area (Å²) in [6.45, 7) is 2.71. The summed E-state index contributed by atoms with van der Waals surface area (Å²) in [5, 5.41) is 0. The first-order valence-corrected chi connectivity index (χ1v) is 8.34. The molecule has 5 heteroatoms. The fourth-order valence-corrected chi connectivity index (χ4v) is 2.91. The second-order valence-corrected chi connectivity index (χ2v) is 6.07. The maximum Gasteiger partial charge on any atom is 0.233 e. The normalized spacial score (nSPS) is 10.7. The van der Waals surface area contributed by atoms with Gasteiger partial charge in [0.2, 0.25) is 5.89 Å². The molecule has 2 aromatic carbocycles. The van der Waals surface area contributed by atoms with Crippen LogP contribution in [0.25, 0.3) is 22.6 Å². The Hall–Kier alpha value is -2.53. The fraction of sp³-hybridized carbons (Fsp3) is 0.143. The average Bonchev–Trinajstić information content (AvgIpc) is 3.05. The van der Waals surface area contributed by atoms with Gasteiger partial charge in [-0.1, -0.05) is 25.1 Å². The summed E-state index contributed by atoms with van der Waals surface area (Å²) in [4.78, 5) is 4.61. The van der Waals surface area contributed by atoms with Crippen LogP contribution in [-0.4, -0.2) is 4.98 Å². The maximum atomic E-state index is 13.4. The van der Waals surface area contributed by atoms with Crippen molar-refractivity contribution < 1.29 is 30.4 Å². The van der Waals surface area contributed by atoms with Crippen LogP contribution in [-0.2, 0) is 13.0 Å². The Morgan fingerprint density at radius 2 is 1.92 bits per heavy atom. The molecule has 132 valence electrons. The number of benzene rings is 2. The standard InChI is InChI=1S/C21H18FN2O.BrH/c1-2-15-8-9-20-19(12-15)23-21(25-20)17-6-4-10-24(14-17)13-16-5-3-7-18(22)11-16;/h3-12,14H,2,13H2,1H3;1H/q+1;/p-1. The van der Waals surface area contributed by atoms with E-state index in [1.165, 1.54) is 11.6 Å². The number of pyridine rings is 1. The molecule has 0 spiro atoms. The third-order valence-corrected chi connectivity index (χ3v) is 4.22. The Morgan fingerprint density at radius 1 is 1.04 bits per heavy atom. The van der Waals surface area contributed by atoms with Gasteiger partial charge in [-0.05, 0) is 42.3 Å². The van der Waals surface area contributed by atoms with Gasteiger partial charge in [0.15, 0.2) is 24.5 Å². The lowest BCUT2D eigenvalue weighted by atomic mass is 10.1. The van der Waals surface area contributed by atoms with E-state index in [-0.39, 0.29) is 22.8 Å². The first-order chi connectivity index (χ1) is 12.2. The second kappa shape index (κ2) is 7.79. The second-order valence-electron chi connectivity index (χ2n) is 6.07. The molecule has 0 saturated heterocycles. The van der Waals surface area contributed by atoms with Crippen molar-refractivity contribution in [2.75, 3.05) is 0 Å². The van der Waals surface area contributed by atoms with Gasteiger partial charge in [0.1, 0.15) is 16.9 Å². The van der Waals surface area contributed by atoms with Gasteiger partial charge < -0.3 is 21.4 Å². The Balaban J connectivity index is 0.00000196. The van der Waals surface area contributed by atoms with E-state index in [0.29, 0.717) is 12.4 Å². The van der Waals surface area contributed by atoms with Crippen LogP contribution in [0.1, 0.15) is 18.1 Å². The van der Waals surface area contributed by atoms with Gasteiger partial charge in [-0.2, -0.15) is 4.57 Å². The highest BCUT2D eigenvalue weighted by atomic mass is 79.9. The van der Waals surface area contributed by atoms with E-state index in [2.05, 4.69) is 24.0 Å². The number of nitrogens with zero attached hydrogens (tertiary/aromatic N) is 2. The number of hydrogen-bond donors (Lipinski definition) is 0. The summed E-state index contributed by atoms with van der Waals surface area (Å²) >= 11 is 0. The molecule has 0 saturated carbocycles. The smallest absolute Gasteiger partial charge is 0.233 e. The Morgan fingerprint density at radius 3 is 2.73 bits per heavy atom. The highest BCUT2D eigenvalue weighted by Crippen LogP contribution is 2.24. The zero-order chi connectivity index (χ0) is 17.2. The van der Waals surface area contributed by atoms with Gasteiger partial charge in [0.25, 0.3) is 0 Å². The lowest BCUT2D eigenvalue weighted by Gasteiger charge is -1.99. The van der Waals surface area contributed by atoms with Crippen LogP contribution in [0.5, 0.6) is 0 Å². The Labute approximate surface area is 161 Å². The molecule has 2 heterocycles. The fourth-order valence-electron chi connectivity index (χ4n) is 2.91. The number of oxazole rings is 1. The molecule has 0 radical (unpaired) electrons. The van der Waals surface area contributed by atoms with Crippen molar-refractivity contribution in [1.29, 1.82) is 0 Å². The lowest BCUT2D eigenvalue weighted by molar-refractivity contribution is -0.687. The first kappa shape index (κ1) is 18.3. The molecule has 0 aliphatic heterocycles. The molecule has 4 aromatic rings. The molecule has 0 amide bonds. The molecule has 0 atom stereocenters. The van der Waals surface area contributed by atoms with E-state index in [1.54, 1.807) is 12.1 Å². The Bertz CT molecular complexity index is 1050. The predicted molar refractivity (Wildman–Crippen MR) is 94.5 cm³/mol. The van der Waals surface area contributed by atoms with Gasteiger partial charge in [0.05, 0.1) is 0 Å². The highest BCUT2D eigenvalue weighted by Gasteiger charge is 2.13. The monoisotopic (exact) mass is 412 g/mol. The van der Waals surface area contributed by atoms with Crippen LogP contribution in [0.4, 0.5) is 4.39 Å². The van der Waals surface area contributed by atoms with E-state index in [4.69, 9.17) is 4.42 Å². The highest BCUT2D eigenvalue weighted by molar-refractivity contribution is 5.76. The number of fused-ring (bicyclic) bond motifs is 1. The molecule has 2 aromatic heterocycles. The van der Waals surface area contributed by atoms with Crippen LogP contribution in [0, 0.1) is 5.82 Å². The van der Waals surface area contributed by atoms with E-state index < -0.39 is 0 Å². The molecule has 0 aliphatic carbocycles. The van der Waals surface area contributed by atoms with Crippen molar-refractivity contribution >= 4 is 11.1 Å². The number of rotatable bonds is 4. The number of halogens is 2. The third-order valence-electron chi connectivity index (χ3n) is 4.22. The Kier molecular flexibility index (Phi) is 5.47.